The first-order chi connectivity index (χ1) is 11.9. The standard InChI is InChI=1S/C16H28FN3O5S/c1-16(2,3)25-15(22)19-7-4-18(5-8-19)6-9-20-11-13(10-14(20)21)12-26(17,23)24/h13H,4-12H2,1-3H3. The Kier molecular flexibility index (Phi) is 6.49. The molecule has 0 saturated carbocycles. The average molecular weight is 393 g/mol. The first-order valence-corrected chi connectivity index (χ1v) is 10.4. The first-order valence-electron chi connectivity index (χ1n) is 8.83. The summed E-state index contributed by atoms with van der Waals surface area (Å²) in [6.45, 7) is 9.38. The largest absolute Gasteiger partial charge is 0.444 e. The fourth-order valence-electron chi connectivity index (χ4n) is 3.21. The topological polar surface area (TPSA) is 87.2 Å². The zero-order valence-electron chi connectivity index (χ0n) is 15.6. The molecule has 0 aromatic heterocycles. The van der Waals surface area contributed by atoms with Crippen LogP contribution in [0.3, 0.4) is 0 Å². The second-order valence-corrected chi connectivity index (χ2v) is 9.34. The van der Waals surface area contributed by atoms with E-state index in [0.29, 0.717) is 39.3 Å². The summed E-state index contributed by atoms with van der Waals surface area (Å²) in [6, 6.07) is 0. The van der Waals surface area contributed by atoms with Gasteiger partial charge in [0.25, 0.3) is 0 Å². The number of hydrogen-bond donors (Lipinski definition) is 0. The quantitative estimate of drug-likeness (QED) is 0.639. The summed E-state index contributed by atoms with van der Waals surface area (Å²) in [5.41, 5.74) is -0.520. The van der Waals surface area contributed by atoms with E-state index in [1.54, 1.807) is 9.80 Å². The molecule has 0 aromatic rings. The average Bonchev–Trinajstić information content (AvgIpc) is 2.81. The molecule has 2 aliphatic rings. The van der Waals surface area contributed by atoms with E-state index in [4.69, 9.17) is 4.74 Å². The molecule has 0 N–H and O–H groups in total. The molecular weight excluding hydrogens is 365 g/mol. The SMILES string of the molecule is CC(C)(C)OC(=O)N1CCN(CCN2CC(CS(=O)(=O)F)CC2=O)CC1. The highest BCUT2D eigenvalue weighted by atomic mass is 32.3. The van der Waals surface area contributed by atoms with Crippen LogP contribution in [0, 0.1) is 5.92 Å². The predicted molar refractivity (Wildman–Crippen MR) is 93.8 cm³/mol. The molecule has 2 heterocycles. The molecule has 2 fully saturated rings. The zero-order valence-corrected chi connectivity index (χ0v) is 16.4. The van der Waals surface area contributed by atoms with Crippen LogP contribution < -0.4 is 0 Å². The van der Waals surface area contributed by atoms with Crippen molar-refractivity contribution in [3.8, 4) is 0 Å². The van der Waals surface area contributed by atoms with Crippen LogP contribution in [0.15, 0.2) is 0 Å². The molecule has 26 heavy (non-hydrogen) atoms. The second kappa shape index (κ2) is 8.08. The summed E-state index contributed by atoms with van der Waals surface area (Å²) in [7, 11) is -4.56. The Balaban J connectivity index is 1.72. The van der Waals surface area contributed by atoms with Gasteiger partial charge in [0.2, 0.25) is 5.91 Å². The van der Waals surface area contributed by atoms with E-state index >= 15 is 0 Å². The van der Waals surface area contributed by atoms with Crippen LogP contribution in [0.4, 0.5) is 8.68 Å². The van der Waals surface area contributed by atoms with Crippen molar-refractivity contribution in [1.29, 1.82) is 0 Å². The van der Waals surface area contributed by atoms with E-state index in [9.17, 15) is 21.9 Å². The molecular formula is C16H28FN3O5S. The lowest BCUT2D eigenvalue weighted by molar-refractivity contribution is -0.127. The maximum Gasteiger partial charge on any atom is 0.410 e. The lowest BCUT2D eigenvalue weighted by atomic mass is 10.1. The number of carbonyl (C=O) groups excluding carboxylic acids is 2. The molecule has 1 atom stereocenters. The summed E-state index contributed by atoms with van der Waals surface area (Å²) in [6.07, 6.45) is -0.239. The number of ether oxygens (including phenoxy) is 1. The fourth-order valence-corrected chi connectivity index (χ4v) is 3.99. The number of piperazine rings is 1. The van der Waals surface area contributed by atoms with Crippen molar-refractivity contribution in [2.45, 2.75) is 32.8 Å². The summed E-state index contributed by atoms with van der Waals surface area (Å²) in [5, 5.41) is 0. The van der Waals surface area contributed by atoms with Crippen LogP contribution in [0.1, 0.15) is 27.2 Å². The minimum atomic E-state index is -4.56. The third-order valence-electron chi connectivity index (χ3n) is 4.44. The predicted octanol–water partition coefficient (Wildman–Crippen LogP) is 0.687. The van der Waals surface area contributed by atoms with E-state index in [0.717, 1.165) is 0 Å². The number of amides is 2. The number of likely N-dealkylation sites (tertiary alicyclic amines) is 1. The minimum absolute atomic E-state index is 0.0789. The molecule has 2 saturated heterocycles. The van der Waals surface area contributed by atoms with Crippen LogP contribution in [-0.2, 0) is 19.8 Å². The van der Waals surface area contributed by atoms with E-state index in [1.807, 2.05) is 20.8 Å². The Morgan fingerprint density at radius 2 is 1.81 bits per heavy atom. The molecule has 0 bridgehead atoms. The van der Waals surface area contributed by atoms with Crippen LogP contribution in [0.5, 0.6) is 0 Å². The van der Waals surface area contributed by atoms with Crippen molar-refractivity contribution in [3.63, 3.8) is 0 Å². The lowest BCUT2D eigenvalue weighted by Gasteiger charge is -2.36. The smallest absolute Gasteiger partial charge is 0.410 e. The molecule has 2 aliphatic heterocycles. The van der Waals surface area contributed by atoms with Crippen LogP contribution in [0.2, 0.25) is 0 Å². The van der Waals surface area contributed by atoms with Crippen LogP contribution in [-0.4, -0.2) is 92.3 Å². The Bertz CT molecular complexity index is 626. The highest BCUT2D eigenvalue weighted by Crippen LogP contribution is 2.20. The Morgan fingerprint density at radius 1 is 1.19 bits per heavy atom. The van der Waals surface area contributed by atoms with Crippen molar-refractivity contribution in [2.75, 3.05) is 51.6 Å². The van der Waals surface area contributed by atoms with Gasteiger partial charge in [0.15, 0.2) is 0 Å². The van der Waals surface area contributed by atoms with Crippen molar-refractivity contribution in [1.82, 2.24) is 14.7 Å². The van der Waals surface area contributed by atoms with Crippen molar-refractivity contribution < 1.29 is 26.6 Å². The Morgan fingerprint density at radius 3 is 2.35 bits per heavy atom. The summed E-state index contributed by atoms with van der Waals surface area (Å²) >= 11 is 0. The Hall–Kier alpha value is -1.42. The van der Waals surface area contributed by atoms with Gasteiger partial charge in [-0.2, -0.15) is 8.42 Å². The van der Waals surface area contributed by atoms with E-state index in [-0.39, 0.29) is 25.0 Å². The van der Waals surface area contributed by atoms with Gasteiger partial charge in [-0.25, -0.2) is 4.79 Å². The van der Waals surface area contributed by atoms with E-state index < -0.39 is 27.5 Å². The molecule has 0 aromatic carbocycles. The molecule has 8 nitrogen and oxygen atoms in total. The lowest BCUT2D eigenvalue weighted by Crippen LogP contribution is -2.51. The number of halogens is 1. The number of rotatable bonds is 5. The normalized spacial score (nSPS) is 22.8. The molecule has 2 amide bonds. The Labute approximate surface area is 154 Å². The van der Waals surface area contributed by atoms with Crippen molar-refractivity contribution >= 4 is 22.2 Å². The maximum atomic E-state index is 12.8. The van der Waals surface area contributed by atoms with E-state index in [2.05, 4.69) is 4.90 Å². The molecule has 10 heteroatoms. The number of nitrogens with zero attached hydrogens (tertiary/aromatic N) is 3. The third kappa shape index (κ3) is 6.71. The molecule has 1 unspecified atom stereocenters. The molecule has 0 spiro atoms. The summed E-state index contributed by atoms with van der Waals surface area (Å²) < 4.78 is 39.6. The first kappa shape index (κ1) is 20.9. The fraction of sp³-hybridized carbons (Fsp3) is 0.875. The molecule has 0 aliphatic carbocycles. The van der Waals surface area contributed by atoms with Crippen LogP contribution in [0.25, 0.3) is 0 Å². The highest BCUT2D eigenvalue weighted by Gasteiger charge is 2.33. The zero-order chi connectivity index (χ0) is 19.5. The molecule has 0 radical (unpaired) electrons. The number of carbonyl (C=O) groups is 2. The van der Waals surface area contributed by atoms with Gasteiger partial charge in [0.1, 0.15) is 5.60 Å². The van der Waals surface area contributed by atoms with Gasteiger partial charge >= 0.3 is 16.3 Å². The van der Waals surface area contributed by atoms with Gasteiger partial charge in [-0.1, -0.05) is 0 Å². The summed E-state index contributed by atoms with van der Waals surface area (Å²) in [5.74, 6) is -1.20. The molecule has 150 valence electrons. The van der Waals surface area contributed by atoms with Gasteiger partial charge in [-0.15, -0.1) is 3.89 Å². The molecule has 2 rings (SSSR count). The summed E-state index contributed by atoms with van der Waals surface area (Å²) in [4.78, 5) is 29.4. The van der Waals surface area contributed by atoms with Gasteiger partial charge < -0.3 is 14.5 Å². The van der Waals surface area contributed by atoms with Gasteiger partial charge in [0.05, 0.1) is 5.75 Å². The maximum absolute atomic E-state index is 12.8. The monoisotopic (exact) mass is 393 g/mol. The van der Waals surface area contributed by atoms with Crippen LogP contribution >= 0.6 is 0 Å². The van der Waals surface area contributed by atoms with E-state index in [1.165, 1.54) is 0 Å². The highest BCUT2D eigenvalue weighted by molar-refractivity contribution is 7.86. The van der Waals surface area contributed by atoms with Gasteiger partial charge in [-0.05, 0) is 20.8 Å². The number of hydrogen-bond acceptors (Lipinski definition) is 6. The van der Waals surface area contributed by atoms with Gasteiger partial charge in [0, 0.05) is 58.2 Å². The minimum Gasteiger partial charge on any atom is -0.444 e. The van der Waals surface area contributed by atoms with Crippen molar-refractivity contribution in [3.05, 3.63) is 0 Å². The van der Waals surface area contributed by atoms with Crippen molar-refractivity contribution in [2.24, 2.45) is 5.92 Å². The third-order valence-corrected chi connectivity index (χ3v) is 5.31. The van der Waals surface area contributed by atoms with Gasteiger partial charge in [-0.3, -0.25) is 9.69 Å². The second-order valence-electron chi connectivity index (χ2n) is 7.92.